The average Bonchev–Trinajstić information content (AvgIpc) is 2.96. The van der Waals surface area contributed by atoms with Crippen molar-refractivity contribution in [2.45, 2.75) is 31.7 Å². The lowest BCUT2D eigenvalue weighted by atomic mass is 9.86. The standard InChI is InChI=1S/C15H15N3O5/c19-8-11-5-13-10(6-14(11)18(22)23)7-17(16-13)12-3-1-9(2-4-12)15(20)21/h5-9,12H,1-4H2,(H,20,21). The number of nitro benzene ring substituents is 1. The van der Waals surface area contributed by atoms with Crippen LogP contribution in [0.1, 0.15) is 42.1 Å². The molecule has 2 aromatic rings. The quantitative estimate of drug-likeness (QED) is 0.526. The minimum absolute atomic E-state index is 0.00216. The molecular weight excluding hydrogens is 302 g/mol. The van der Waals surface area contributed by atoms with Gasteiger partial charge in [0, 0.05) is 17.6 Å². The molecule has 1 aromatic carbocycles. The van der Waals surface area contributed by atoms with Crippen molar-refractivity contribution in [1.29, 1.82) is 0 Å². The number of nitrogens with zero attached hydrogens (tertiary/aromatic N) is 3. The largest absolute Gasteiger partial charge is 0.481 e. The van der Waals surface area contributed by atoms with Gasteiger partial charge in [0.15, 0.2) is 6.29 Å². The molecule has 3 rings (SSSR count). The molecule has 1 heterocycles. The highest BCUT2D eigenvalue weighted by Gasteiger charge is 2.27. The van der Waals surface area contributed by atoms with Crippen LogP contribution in [0.5, 0.6) is 0 Å². The van der Waals surface area contributed by atoms with Crippen LogP contribution in [0.3, 0.4) is 0 Å². The van der Waals surface area contributed by atoms with Gasteiger partial charge in [-0.15, -0.1) is 0 Å². The van der Waals surface area contributed by atoms with Gasteiger partial charge in [-0.1, -0.05) is 0 Å². The third-order valence-electron chi connectivity index (χ3n) is 4.41. The molecule has 0 bridgehead atoms. The van der Waals surface area contributed by atoms with Crippen molar-refractivity contribution in [3.05, 3.63) is 34.0 Å². The zero-order chi connectivity index (χ0) is 16.6. The molecule has 1 aliphatic rings. The fourth-order valence-electron chi connectivity index (χ4n) is 3.12. The van der Waals surface area contributed by atoms with E-state index >= 15 is 0 Å². The van der Waals surface area contributed by atoms with Crippen LogP contribution in [0, 0.1) is 16.0 Å². The van der Waals surface area contributed by atoms with Gasteiger partial charge in [0.2, 0.25) is 0 Å². The molecule has 23 heavy (non-hydrogen) atoms. The lowest BCUT2D eigenvalue weighted by molar-refractivity contribution is -0.384. The summed E-state index contributed by atoms with van der Waals surface area (Å²) in [7, 11) is 0. The van der Waals surface area contributed by atoms with Crippen molar-refractivity contribution in [3.8, 4) is 0 Å². The van der Waals surface area contributed by atoms with Crippen molar-refractivity contribution >= 4 is 28.8 Å². The van der Waals surface area contributed by atoms with Gasteiger partial charge >= 0.3 is 5.97 Å². The van der Waals surface area contributed by atoms with Gasteiger partial charge in [-0.3, -0.25) is 24.4 Å². The first-order valence-electron chi connectivity index (χ1n) is 7.35. The topological polar surface area (TPSA) is 115 Å². The molecule has 1 saturated carbocycles. The number of hydrogen-bond acceptors (Lipinski definition) is 5. The zero-order valence-corrected chi connectivity index (χ0v) is 12.2. The molecule has 1 aliphatic carbocycles. The molecule has 0 amide bonds. The highest BCUT2D eigenvalue weighted by atomic mass is 16.6. The summed E-state index contributed by atoms with van der Waals surface area (Å²) in [6.07, 6.45) is 4.77. The van der Waals surface area contributed by atoms with E-state index in [2.05, 4.69) is 5.10 Å². The first kappa shape index (κ1) is 15.1. The number of carboxylic acids is 1. The Hall–Kier alpha value is -2.77. The minimum Gasteiger partial charge on any atom is -0.481 e. The smallest absolute Gasteiger partial charge is 0.306 e. The van der Waals surface area contributed by atoms with E-state index in [1.807, 2.05) is 0 Å². The van der Waals surface area contributed by atoms with Gasteiger partial charge in [0.25, 0.3) is 5.69 Å². The summed E-state index contributed by atoms with van der Waals surface area (Å²) in [5.74, 6) is -1.07. The molecule has 1 fully saturated rings. The van der Waals surface area contributed by atoms with Crippen LogP contribution in [0.15, 0.2) is 18.3 Å². The van der Waals surface area contributed by atoms with Crippen LogP contribution in [0.4, 0.5) is 5.69 Å². The van der Waals surface area contributed by atoms with Crippen LogP contribution in [0.2, 0.25) is 0 Å². The van der Waals surface area contributed by atoms with E-state index in [0.29, 0.717) is 42.9 Å². The van der Waals surface area contributed by atoms with Crippen molar-refractivity contribution in [1.82, 2.24) is 9.78 Å². The van der Waals surface area contributed by atoms with Gasteiger partial charge < -0.3 is 5.11 Å². The van der Waals surface area contributed by atoms with Crippen LogP contribution in [-0.4, -0.2) is 32.1 Å². The minimum atomic E-state index is -0.764. The third kappa shape index (κ3) is 2.79. The molecule has 0 spiro atoms. The van der Waals surface area contributed by atoms with Gasteiger partial charge in [0.1, 0.15) is 0 Å². The summed E-state index contributed by atoms with van der Waals surface area (Å²) < 4.78 is 1.74. The summed E-state index contributed by atoms with van der Waals surface area (Å²) >= 11 is 0. The lowest BCUT2D eigenvalue weighted by Crippen LogP contribution is -2.23. The summed E-state index contributed by atoms with van der Waals surface area (Å²) in [6, 6.07) is 2.85. The van der Waals surface area contributed by atoms with Crippen LogP contribution >= 0.6 is 0 Å². The maximum absolute atomic E-state index is 11.0. The molecule has 1 aromatic heterocycles. The summed E-state index contributed by atoms with van der Waals surface area (Å²) in [5, 5.41) is 25.0. The molecule has 0 unspecified atom stereocenters. The Morgan fingerprint density at radius 1 is 1.35 bits per heavy atom. The number of carbonyl (C=O) groups excluding carboxylic acids is 1. The van der Waals surface area contributed by atoms with Crippen molar-refractivity contribution in [2.24, 2.45) is 5.92 Å². The molecule has 0 radical (unpaired) electrons. The highest BCUT2D eigenvalue weighted by Crippen LogP contribution is 2.33. The number of aromatic nitrogens is 2. The Balaban J connectivity index is 1.90. The Kier molecular flexibility index (Phi) is 3.81. The molecule has 0 saturated heterocycles. The molecular formula is C15H15N3O5. The van der Waals surface area contributed by atoms with E-state index in [1.54, 1.807) is 10.9 Å². The summed E-state index contributed by atoms with van der Waals surface area (Å²) in [6.45, 7) is 0. The van der Waals surface area contributed by atoms with Crippen molar-refractivity contribution in [3.63, 3.8) is 0 Å². The molecule has 0 atom stereocenters. The number of carbonyl (C=O) groups is 2. The van der Waals surface area contributed by atoms with E-state index in [1.165, 1.54) is 12.1 Å². The fourth-order valence-corrected chi connectivity index (χ4v) is 3.12. The van der Waals surface area contributed by atoms with Crippen LogP contribution in [0.25, 0.3) is 10.9 Å². The predicted octanol–water partition coefficient (Wildman–Crippen LogP) is 2.57. The van der Waals surface area contributed by atoms with Gasteiger partial charge in [-0.2, -0.15) is 5.10 Å². The van der Waals surface area contributed by atoms with Crippen LogP contribution < -0.4 is 0 Å². The van der Waals surface area contributed by atoms with Gasteiger partial charge in [0.05, 0.1) is 28.0 Å². The van der Waals surface area contributed by atoms with Crippen molar-refractivity contribution in [2.75, 3.05) is 0 Å². The van der Waals surface area contributed by atoms with Crippen molar-refractivity contribution < 1.29 is 19.6 Å². The van der Waals surface area contributed by atoms with E-state index in [4.69, 9.17) is 5.11 Å². The maximum Gasteiger partial charge on any atom is 0.306 e. The molecule has 1 N–H and O–H groups in total. The van der Waals surface area contributed by atoms with Crippen LogP contribution in [-0.2, 0) is 4.79 Å². The molecule has 120 valence electrons. The third-order valence-corrected chi connectivity index (χ3v) is 4.41. The lowest BCUT2D eigenvalue weighted by Gasteiger charge is -2.26. The first-order chi connectivity index (χ1) is 11.0. The molecule has 8 nitrogen and oxygen atoms in total. The van der Waals surface area contributed by atoms with E-state index in [-0.39, 0.29) is 23.2 Å². The zero-order valence-electron chi connectivity index (χ0n) is 12.2. The second-order valence-electron chi connectivity index (χ2n) is 5.80. The first-order valence-corrected chi connectivity index (χ1v) is 7.35. The number of fused-ring (bicyclic) bond motifs is 1. The van der Waals surface area contributed by atoms with Gasteiger partial charge in [-0.05, 0) is 31.7 Å². The summed E-state index contributed by atoms with van der Waals surface area (Å²) in [4.78, 5) is 32.4. The number of aliphatic carboxylic acids is 1. The Morgan fingerprint density at radius 3 is 2.61 bits per heavy atom. The molecule has 8 heteroatoms. The SMILES string of the molecule is O=Cc1cc2nn(C3CCC(C(=O)O)CC3)cc2cc1[N+](=O)[O-]. The molecule has 0 aliphatic heterocycles. The predicted molar refractivity (Wildman–Crippen MR) is 80.4 cm³/mol. The Bertz CT molecular complexity index is 790. The van der Waals surface area contributed by atoms with E-state index < -0.39 is 10.9 Å². The number of aldehydes is 1. The number of hydrogen-bond donors (Lipinski definition) is 1. The van der Waals surface area contributed by atoms with E-state index in [9.17, 15) is 19.7 Å². The maximum atomic E-state index is 11.0. The fraction of sp³-hybridized carbons (Fsp3) is 0.400. The number of rotatable bonds is 4. The number of carboxylic acid groups (broad SMARTS) is 1. The Morgan fingerprint density at radius 2 is 2.04 bits per heavy atom. The normalized spacial score (nSPS) is 21.2. The summed E-state index contributed by atoms with van der Waals surface area (Å²) in [5.41, 5.74) is 0.294. The van der Waals surface area contributed by atoms with E-state index in [0.717, 1.165) is 0 Å². The highest BCUT2D eigenvalue weighted by molar-refractivity contribution is 5.91. The average molecular weight is 317 g/mol. The second kappa shape index (κ2) is 5.79. The Labute approximate surface area is 130 Å². The second-order valence-corrected chi connectivity index (χ2v) is 5.80. The number of nitro groups is 1. The van der Waals surface area contributed by atoms with Gasteiger partial charge in [-0.25, -0.2) is 0 Å². The number of benzene rings is 1. The monoisotopic (exact) mass is 317 g/mol.